The summed E-state index contributed by atoms with van der Waals surface area (Å²) < 4.78 is 10.9. The molecule has 1 unspecified atom stereocenters. The number of ether oxygens (including phenoxy) is 2. The maximum absolute atomic E-state index is 12.7. The molecular weight excluding hydrogens is 346 g/mol. The quantitative estimate of drug-likeness (QED) is 0.881. The summed E-state index contributed by atoms with van der Waals surface area (Å²) in [5, 5.41) is 8.02. The van der Waals surface area contributed by atoms with Crippen molar-refractivity contribution in [2.75, 3.05) is 12.4 Å². The van der Waals surface area contributed by atoms with E-state index in [9.17, 15) is 9.59 Å². The lowest BCUT2D eigenvalue weighted by Gasteiger charge is -2.19. The summed E-state index contributed by atoms with van der Waals surface area (Å²) in [4.78, 5) is 24.7. The van der Waals surface area contributed by atoms with E-state index in [4.69, 9.17) is 9.47 Å². The third-order valence-corrected chi connectivity index (χ3v) is 4.14. The van der Waals surface area contributed by atoms with Crippen LogP contribution in [0.4, 0.5) is 5.69 Å². The van der Waals surface area contributed by atoms with Gasteiger partial charge < -0.3 is 14.8 Å². The lowest BCUT2D eigenvalue weighted by atomic mass is 10.1. The zero-order valence-corrected chi connectivity index (χ0v) is 15.4. The minimum Gasteiger partial charge on any atom is -0.497 e. The first-order chi connectivity index (χ1) is 13.0. The van der Waals surface area contributed by atoms with Gasteiger partial charge in [0, 0.05) is 18.7 Å². The van der Waals surface area contributed by atoms with Gasteiger partial charge in [0.15, 0.2) is 0 Å². The molecular formula is C20H21N3O4. The van der Waals surface area contributed by atoms with E-state index >= 15 is 0 Å². The number of rotatable bonds is 5. The first kappa shape index (κ1) is 18.4. The Morgan fingerprint density at radius 1 is 1.22 bits per heavy atom. The number of benzene rings is 2. The highest BCUT2D eigenvalue weighted by Gasteiger charge is 2.37. The fourth-order valence-electron chi connectivity index (χ4n) is 2.68. The third-order valence-electron chi connectivity index (χ3n) is 4.14. The van der Waals surface area contributed by atoms with E-state index in [1.165, 1.54) is 6.92 Å². The number of carbonyl (C=O) groups excluding carboxylic acids is 2. The maximum Gasteiger partial charge on any atom is 0.289 e. The number of carbonyl (C=O) groups is 2. The Labute approximate surface area is 157 Å². The Balaban J connectivity index is 1.75. The predicted octanol–water partition coefficient (Wildman–Crippen LogP) is 2.70. The van der Waals surface area contributed by atoms with Gasteiger partial charge >= 0.3 is 0 Å². The van der Waals surface area contributed by atoms with E-state index < -0.39 is 12.1 Å². The maximum atomic E-state index is 12.7. The van der Waals surface area contributed by atoms with E-state index in [0.29, 0.717) is 23.8 Å². The van der Waals surface area contributed by atoms with E-state index in [1.807, 2.05) is 43.3 Å². The Morgan fingerprint density at radius 2 is 1.96 bits per heavy atom. The van der Waals surface area contributed by atoms with Crippen LogP contribution in [0, 0.1) is 6.92 Å². The molecule has 3 rings (SSSR count). The third kappa shape index (κ3) is 4.25. The second kappa shape index (κ2) is 7.90. The van der Waals surface area contributed by atoms with Crippen molar-refractivity contribution in [2.45, 2.75) is 26.5 Å². The summed E-state index contributed by atoms with van der Waals surface area (Å²) >= 11 is 0. The molecule has 2 aromatic carbocycles. The molecule has 1 aliphatic heterocycles. The van der Waals surface area contributed by atoms with Crippen LogP contribution < -0.4 is 10.1 Å². The highest BCUT2D eigenvalue weighted by molar-refractivity contribution is 5.99. The smallest absolute Gasteiger partial charge is 0.289 e. The molecule has 27 heavy (non-hydrogen) atoms. The van der Waals surface area contributed by atoms with Crippen LogP contribution in [0.3, 0.4) is 0 Å². The zero-order chi connectivity index (χ0) is 19.4. The van der Waals surface area contributed by atoms with Crippen LogP contribution in [0.5, 0.6) is 5.75 Å². The first-order valence-electron chi connectivity index (χ1n) is 8.51. The van der Waals surface area contributed by atoms with Gasteiger partial charge in [0.05, 0.1) is 13.5 Å². The van der Waals surface area contributed by atoms with Crippen molar-refractivity contribution >= 4 is 23.4 Å². The van der Waals surface area contributed by atoms with Gasteiger partial charge in [0.25, 0.3) is 12.1 Å². The van der Waals surface area contributed by atoms with Crippen LogP contribution in [-0.4, -0.2) is 36.1 Å². The molecule has 2 amide bonds. The Morgan fingerprint density at radius 3 is 2.63 bits per heavy atom. The van der Waals surface area contributed by atoms with Gasteiger partial charge in [0.1, 0.15) is 5.75 Å². The number of amides is 2. The van der Waals surface area contributed by atoms with E-state index in [2.05, 4.69) is 10.4 Å². The minimum atomic E-state index is -1.15. The van der Waals surface area contributed by atoms with Crippen LogP contribution in [-0.2, 0) is 20.7 Å². The standard InChI is InChI=1S/C20H21N3O4/c1-13-9-10-16(26-3)12-17(13)21-19(25)20-23(14(2)24)22-18(27-20)11-15-7-5-4-6-8-15/h4-10,12,20H,11H2,1-3H3,(H,21,25). The molecule has 7 heteroatoms. The van der Waals surface area contributed by atoms with Crippen LogP contribution in [0.25, 0.3) is 0 Å². The fraction of sp³-hybridized carbons (Fsp3) is 0.250. The topological polar surface area (TPSA) is 80.2 Å². The number of hydrazone groups is 1. The van der Waals surface area contributed by atoms with E-state index in [0.717, 1.165) is 16.1 Å². The average Bonchev–Trinajstić information content (AvgIpc) is 3.08. The van der Waals surface area contributed by atoms with Crippen molar-refractivity contribution in [3.63, 3.8) is 0 Å². The molecule has 2 aromatic rings. The summed E-state index contributed by atoms with van der Waals surface area (Å²) in [6, 6.07) is 14.9. The normalized spacial score (nSPS) is 15.7. The molecule has 0 spiro atoms. The second-order valence-corrected chi connectivity index (χ2v) is 6.16. The van der Waals surface area contributed by atoms with Gasteiger partial charge in [-0.05, 0) is 24.1 Å². The summed E-state index contributed by atoms with van der Waals surface area (Å²) in [5.41, 5.74) is 2.43. The molecule has 7 nitrogen and oxygen atoms in total. The molecule has 140 valence electrons. The number of hydrogen-bond acceptors (Lipinski definition) is 5. The zero-order valence-electron chi connectivity index (χ0n) is 15.4. The Bertz CT molecular complexity index is 880. The lowest BCUT2D eigenvalue weighted by molar-refractivity contribution is -0.143. The molecule has 1 aliphatic rings. The summed E-state index contributed by atoms with van der Waals surface area (Å²) in [6.45, 7) is 3.21. The first-order valence-corrected chi connectivity index (χ1v) is 8.51. The van der Waals surface area contributed by atoms with Crippen LogP contribution >= 0.6 is 0 Å². The van der Waals surface area contributed by atoms with Gasteiger partial charge in [-0.1, -0.05) is 36.4 Å². The molecule has 0 fully saturated rings. The fourth-order valence-corrected chi connectivity index (χ4v) is 2.68. The molecule has 0 bridgehead atoms. The summed E-state index contributed by atoms with van der Waals surface area (Å²) in [5.74, 6) is 0.0838. The van der Waals surface area contributed by atoms with Gasteiger partial charge in [-0.2, -0.15) is 5.01 Å². The van der Waals surface area contributed by atoms with Gasteiger partial charge in [0.2, 0.25) is 11.8 Å². The number of hydrogen-bond donors (Lipinski definition) is 1. The van der Waals surface area contributed by atoms with Gasteiger partial charge in [-0.3, -0.25) is 9.59 Å². The van der Waals surface area contributed by atoms with E-state index in [1.54, 1.807) is 19.2 Å². The lowest BCUT2D eigenvalue weighted by Crippen LogP contribution is -2.42. The molecule has 1 atom stereocenters. The second-order valence-electron chi connectivity index (χ2n) is 6.16. The van der Waals surface area contributed by atoms with E-state index in [-0.39, 0.29) is 5.91 Å². The highest BCUT2D eigenvalue weighted by Crippen LogP contribution is 2.23. The molecule has 0 aliphatic carbocycles. The SMILES string of the molecule is COc1ccc(C)c(NC(=O)C2OC(Cc3ccccc3)=NN2C(C)=O)c1. The van der Waals surface area contributed by atoms with Gasteiger partial charge in [-0.25, -0.2) is 0 Å². The number of aryl methyl sites for hydroxylation is 1. The predicted molar refractivity (Wildman–Crippen MR) is 101 cm³/mol. The van der Waals surface area contributed by atoms with Crippen LogP contribution in [0.2, 0.25) is 0 Å². The van der Waals surface area contributed by atoms with Crippen molar-refractivity contribution in [3.05, 3.63) is 59.7 Å². The van der Waals surface area contributed by atoms with Crippen molar-refractivity contribution in [3.8, 4) is 5.75 Å². The number of nitrogens with zero attached hydrogens (tertiary/aromatic N) is 2. The average molecular weight is 367 g/mol. The summed E-state index contributed by atoms with van der Waals surface area (Å²) in [7, 11) is 1.55. The molecule has 1 N–H and O–H groups in total. The van der Waals surface area contributed by atoms with Crippen LogP contribution in [0.1, 0.15) is 18.1 Å². The minimum absolute atomic E-state index is 0.318. The monoisotopic (exact) mass is 367 g/mol. The van der Waals surface area contributed by atoms with Crippen LogP contribution in [0.15, 0.2) is 53.6 Å². The Kier molecular flexibility index (Phi) is 5.40. The molecule has 0 radical (unpaired) electrons. The molecule has 0 aromatic heterocycles. The number of methoxy groups -OCH3 is 1. The summed E-state index contributed by atoms with van der Waals surface area (Å²) in [6.07, 6.45) is -0.751. The Hall–Kier alpha value is -3.35. The van der Waals surface area contributed by atoms with Crippen molar-refractivity contribution < 1.29 is 19.1 Å². The number of nitrogens with one attached hydrogen (secondary N) is 1. The molecule has 0 saturated carbocycles. The van der Waals surface area contributed by atoms with Crippen molar-refractivity contribution in [1.29, 1.82) is 0 Å². The van der Waals surface area contributed by atoms with Crippen molar-refractivity contribution in [2.24, 2.45) is 5.10 Å². The largest absolute Gasteiger partial charge is 0.497 e. The molecule has 1 heterocycles. The number of anilines is 1. The highest BCUT2D eigenvalue weighted by atomic mass is 16.5. The molecule has 0 saturated heterocycles. The van der Waals surface area contributed by atoms with Gasteiger partial charge in [-0.15, -0.1) is 5.10 Å². The van der Waals surface area contributed by atoms with Crippen molar-refractivity contribution in [1.82, 2.24) is 5.01 Å².